The summed E-state index contributed by atoms with van der Waals surface area (Å²) in [6.07, 6.45) is 4.73. The molecule has 1 aliphatic heterocycles. The van der Waals surface area contributed by atoms with E-state index in [0.29, 0.717) is 5.02 Å². The van der Waals surface area contributed by atoms with E-state index in [4.69, 9.17) is 17.3 Å². The van der Waals surface area contributed by atoms with E-state index in [2.05, 4.69) is 4.90 Å². The molecule has 0 aliphatic carbocycles. The van der Waals surface area contributed by atoms with Crippen molar-refractivity contribution in [3.63, 3.8) is 0 Å². The van der Waals surface area contributed by atoms with Crippen LogP contribution < -0.4 is 5.73 Å². The molecule has 1 aromatic rings. The first kappa shape index (κ1) is 13.7. The number of likely N-dealkylation sites (tertiary alicyclic amines) is 1. The minimum absolute atomic E-state index is 0.230. The number of nitrogen functional groups attached to an aromatic ring is 1. The number of hydrogen-bond donors (Lipinski definition) is 2. The summed E-state index contributed by atoms with van der Waals surface area (Å²) in [5, 5.41) is 10.2. The van der Waals surface area contributed by atoms with Crippen molar-refractivity contribution in [1.29, 1.82) is 0 Å². The van der Waals surface area contributed by atoms with Gasteiger partial charge in [0.15, 0.2) is 0 Å². The lowest BCUT2D eigenvalue weighted by molar-refractivity contribution is 0.118. The maximum absolute atomic E-state index is 9.48. The molecule has 18 heavy (non-hydrogen) atoms. The van der Waals surface area contributed by atoms with Gasteiger partial charge in [-0.25, -0.2) is 0 Å². The van der Waals surface area contributed by atoms with Gasteiger partial charge in [0.1, 0.15) is 0 Å². The molecule has 0 spiro atoms. The van der Waals surface area contributed by atoms with E-state index in [1.165, 1.54) is 19.3 Å². The van der Waals surface area contributed by atoms with Gasteiger partial charge in [0.25, 0.3) is 0 Å². The summed E-state index contributed by atoms with van der Waals surface area (Å²) >= 11 is 5.91. The van der Waals surface area contributed by atoms with Gasteiger partial charge in [-0.1, -0.05) is 30.5 Å². The molecule has 2 rings (SSSR count). The van der Waals surface area contributed by atoms with Crippen molar-refractivity contribution in [2.75, 3.05) is 18.9 Å². The Labute approximate surface area is 114 Å². The predicted octanol–water partition coefficient (Wildman–Crippen LogP) is 2.66. The first-order valence-electron chi connectivity index (χ1n) is 6.59. The summed E-state index contributed by atoms with van der Waals surface area (Å²) in [6.45, 7) is 2.06. The van der Waals surface area contributed by atoms with Gasteiger partial charge in [0.2, 0.25) is 0 Å². The van der Waals surface area contributed by atoms with Gasteiger partial charge in [0, 0.05) is 23.3 Å². The Hall–Kier alpha value is -0.770. The molecule has 1 unspecified atom stereocenters. The SMILES string of the molecule is Nc1cc(Cl)ccc1CN1CCCCCC1CO. The van der Waals surface area contributed by atoms with Crippen molar-refractivity contribution >= 4 is 17.3 Å². The Morgan fingerprint density at radius 2 is 2.17 bits per heavy atom. The standard InChI is InChI=1S/C14H21ClN2O/c15-12-6-5-11(14(16)8-12)9-17-7-3-1-2-4-13(17)10-18/h5-6,8,13,18H,1-4,7,9-10,16H2. The summed E-state index contributed by atoms with van der Waals surface area (Å²) < 4.78 is 0. The van der Waals surface area contributed by atoms with Crippen molar-refractivity contribution < 1.29 is 5.11 Å². The lowest BCUT2D eigenvalue weighted by Gasteiger charge is -2.28. The number of halogens is 1. The second-order valence-corrected chi connectivity index (χ2v) is 5.44. The number of anilines is 1. The fourth-order valence-corrected chi connectivity index (χ4v) is 2.76. The molecule has 3 nitrogen and oxygen atoms in total. The normalized spacial score (nSPS) is 21.8. The molecule has 4 heteroatoms. The van der Waals surface area contributed by atoms with Gasteiger partial charge in [-0.15, -0.1) is 0 Å². The first-order valence-corrected chi connectivity index (χ1v) is 6.97. The highest BCUT2D eigenvalue weighted by molar-refractivity contribution is 6.30. The highest BCUT2D eigenvalue weighted by Gasteiger charge is 2.20. The van der Waals surface area contributed by atoms with Crippen LogP contribution in [0, 0.1) is 0 Å². The molecule has 0 bridgehead atoms. The van der Waals surface area contributed by atoms with Crippen LogP contribution >= 0.6 is 11.6 Å². The van der Waals surface area contributed by atoms with E-state index < -0.39 is 0 Å². The fourth-order valence-electron chi connectivity index (χ4n) is 2.58. The van der Waals surface area contributed by atoms with E-state index in [9.17, 15) is 5.11 Å². The zero-order valence-electron chi connectivity index (χ0n) is 10.6. The molecule has 3 N–H and O–H groups in total. The molecule has 0 aromatic heterocycles. The average molecular weight is 269 g/mol. The van der Waals surface area contributed by atoms with Crippen molar-refractivity contribution in [2.24, 2.45) is 0 Å². The van der Waals surface area contributed by atoms with Crippen LogP contribution in [0.4, 0.5) is 5.69 Å². The summed E-state index contributed by atoms with van der Waals surface area (Å²) in [6, 6.07) is 5.92. The summed E-state index contributed by atoms with van der Waals surface area (Å²) in [7, 11) is 0. The molecule has 1 atom stereocenters. The maximum Gasteiger partial charge on any atom is 0.0586 e. The fraction of sp³-hybridized carbons (Fsp3) is 0.571. The largest absolute Gasteiger partial charge is 0.398 e. The summed E-state index contributed by atoms with van der Waals surface area (Å²) in [4.78, 5) is 2.34. The van der Waals surface area contributed by atoms with E-state index in [-0.39, 0.29) is 12.6 Å². The Balaban J connectivity index is 2.10. The quantitative estimate of drug-likeness (QED) is 0.829. The van der Waals surface area contributed by atoms with Gasteiger partial charge in [0.05, 0.1) is 6.61 Å². The molecule has 1 aliphatic rings. The zero-order valence-corrected chi connectivity index (χ0v) is 11.4. The smallest absolute Gasteiger partial charge is 0.0586 e. The van der Waals surface area contributed by atoms with Crippen LogP contribution in [0.2, 0.25) is 5.02 Å². The van der Waals surface area contributed by atoms with Crippen molar-refractivity contribution in [3.05, 3.63) is 28.8 Å². The Morgan fingerprint density at radius 1 is 1.33 bits per heavy atom. The van der Waals surface area contributed by atoms with Gasteiger partial charge in [-0.3, -0.25) is 4.90 Å². The zero-order chi connectivity index (χ0) is 13.0. The van der Waals surface area contributed by atoms with Crippen LogP contribution in [-0.4, -0.2) is 29.2 Å². The minimum Gasteiger partial charge on any atom is -0.398 e. The van der Waals surface area contributed by atoms with E-state index in [1.807, 2.05) is 12.1 Å². The van der Waals surface area contributed by atoms with E-state index in [0.717, 1.165) is 30.8 Å². The predicted molar refractivity (Wildman–Crippen MR) is 75.6 cm³/mol. The molecular formula is C14H21ClN2O. The van der Waals surface area contributed by atoms with Crippen molar-refractivity contribution in [1.82, 2.24) is 4.90 Å². The van der Waals surface area contributed by atoms with Crippen molar-refractivity contribution in [2.45, 2.75) is 38.3 Å². The van der Waals surface area contributed by atoms with E-state index >= 15 is 0 Å². The monoisotopic (exact) mass is 268 g/mol. The minimum atomic E-state index is 0.230. The molecule has 1 aromatic carbocycles. The second-order valence-electron chi connectivity index (χ2n) is 5.00. The molecule has 0 saturated carbocycles. The Bertz CT molecular complexity index is 397. The van der Waals surface area contributed by atoms with Gasteiger partial charge in [-0.2, -0.15) is 0 Å². The third-order valence-corrected chi connectivity index (χ3v) is 3.93. The van der Waals surface area contributed by atoms with Crippen molar-refractivity contribution in [3.8, 4) is 0 Å². The molecule has 1 fully saturated rings. The summed E-state index contributed by atoms with van der Waals surface area (Å²) in [5.74, 6) is 0. The number of nitrogens with two attached hydrogens (primary N) is 1. The van der Waals surface area contributed by atoms with Crippen LogP contribution in [0.1, 0.15) is 31.2 Å². The third kappa shape index (κ3) is 3.37. The molecular weight excluding hydrogens is 248 g/mol. The number of benzene rings is 1. The second kappa shape index (κ2) is 6.41. The topological polar surface area (TPSA) is 49.5 Å². The molecule has 1 saturated heterocycles. The number of rotatable bonds is 3. The lowest BCUT2D eigenvalue weighted by Crippen LogP contribution is -2.37. The van der Waals surface area contributed by atoms with Crippen LogP contribution in [0.3, 0.4) is 0 Å². The molecule has 100 valence electrons. The van der Waals surface area contributed by atoms with Gasteiger partial charge < -0.3 is 10.8 Å². The van der Waals surface area contributed by atoms with E-state index in [1.54, 1.807) is 6.07 Å². The Morgan fingerprint density at radius 3 is 2.89 bits per heavy atom. The summed E-state index contributed by atoms with van der Waals surface area (Å²) in [5.41, 5.74) is 7.83. The molecule has 0 amide bonds. The van der Waals surface area contributed by atoms with Gasteiger partial charge >= 0.3 is 0 Å². The van der Waals surface area contributed by atoms with Crippen LogP contribution in [0.5, 0.6) is 0 Å². The first-order chi connectivity index (χ1) is 8.70. The molecule has 0 radical (unpaired) electrons. The third-order valence-electron chi connectivity index (χ3n) is 3.69. The highest BCUT2D eigenvalue weighted by Crippen LogP contribution is 2.23. The van der Waals surface area contributed by atoms with Crippen LogP contribution in [-0.2, 0) is 6.54 Å². The van der Waals surface area contributed by atoms with Crippen LogP contribution in [0.25, 0.3) is 0 Å². The number of aliphatic hydroxyl groups is 1. The number of aliphatic hydroxyl groups excluding tert-OH is 1. The highest BCUT2D eigenvalue weighted by atomic mass is 35.5. The van der Waals surface area contributed by atoms with Gasteiger partial charge in [-0.05, 0) is 37.1 Å². The maximum atomic E-state index is 9.48. The lowest BCUT2D eigenvalue weighted by atomic mass is 10.1. The Kier molecular flexibility index (Phi) is 4.87. The van der Waals surface area contributed by atoms with Crippen LogP contribution in [0.15, 0.2) is 18.2 Å². The molecule has 1 heterocycles. The average Bonchev–Trinajstić information content (AvgIpc) is 2.57. The number of hydrogen-bond acceptors (Lipinski definition) is 3. The number of nitrogens with zero attached hydrogens (tertiary/aromatic N) is 1.